The van der Waals surface area contributed by atoms with Crippen LogP contribution < -0.4 is 5.32 Å². The number of fused-ring (bicyclic) bond motifs is 1. The van der Waals surface area contributed by atoms with Crippen molar-refractivity contribution in [3.8, 4) is 0 Å². The van der Waals surface area contributed by atoms with Crippen LogP contribution in [0.2, 0.25) is 0 Å². The van der Waals surface area contributed by atoms with E-state index in [1.165, 1.54) is 0 Å². The summed E-state index contributed by atoms with van der Waals surface area (Å²) in [5, 5.41) is 2.65. The van der Waals surface area contributed by atoms with E-state index in [9.17, 15) is 18.0 Å². The minimum Gasteiger partial charge on any atom is -0.346 e. The Bertz CT molecular complexity index is 882. The molecular weight excluding hydrogens is 319 g/mol. The van der Waals surface area contributed by atoms with E-state index in [1.54, 1.807) is 6.20 Å². The Hall–Kier alpha value is -2.83. The van der Waals surface area contributed by atoms with Crippen LogP contribution in [0.25, 0.3) is 5.65 Å². The van der Waals surface area contributed by atoms with Crippen molar-refractivity contribution in [1.29, 1.82) is 0 Å². The Morgan fingerprint density at radius 3 is 2.50 bits per heavy atom. The number of alkyl halides is 3. The maximum absolute atomic E-state index is 12.5. The molecule has 0 saturated carbocycles. The number of benzene rings is 1. The number of nitrogens with zero attached hydrogens (tertiary/aromatic N) is 2. The molecule has 0 fully saturated rings. The monoisotopic (exact) mass is 333 g/mol. The molecule has 124 valence electrons. The minimum absolute atomic E-state index is 0.169. The van der Waals surface area contributed by atoms with Gasteiger partial charge in [-0.1, -0.05) is 6.07 Å². The quantitative estimate of drug-likeness (QED) is 0.796. The topological polar surface area (TPSA) is 46.4 Å². The van der Waals surface area contributed by atoms with Gasteiger partial charge in [0.25, 0.3) is 5.91 Å². The summed E-state index contributed by atoms with van der Waals surface area (Å²) in [5.41, 5.74) is 1.90. The Labute approximate surface area is 135 Å². The highest BCUT2D eigenvalue weighted by Gasteiger charge is 2.30. The molecule has 0 unspecified atom stereocenters. The van der Waals surface area contributed by atoms with E-state index in [2.05, 4.69) is 10.3 Å². The van der Waals surface area contributed by atoms with Crippen LogP contribution in [0, 0.1) is 6.92 Å². The van der Waals surface area contributed by atoms with Crippen LogP contribution in [-0.4, -0.2) is 15.3 Å². The number of aromatic nitrogens is 2. The molecule has 2 heterocycles. The van der Waals surface area contributed by atoms with Gasteiger partial charge in [-0.3, -0.25) is 4.79 Å². The highest BCUT2D eigenvalue weighted by molar-refractivity contribution is 5.94. The highest BCUT2D eigenvalue weighted by Crippen LogP contribution is 2.29. The highest BCUT2D eigenvalue weighted by atomic mass is 19.4. The summed E-state index contributed by atoms with van der Waals surface area (Å²) in [7, 11) is 0. The van der Waals surface area contributed by atoms with E-state index in [1.807, 2.05) is 29.7 Å². The van der Waals surface area contributed by atoms with Crippen molar-refractivity contribution in [3.05, 3.63) is 71.2 Å². The number of halogens is 3. The Kier molecular flexibility index (Phi) is 4.01. The number of amides is 1. The van der Waals surface area contributed by atoms with Crippen LogP contribution in [0.3, 0.4) is 0 Å². The molecule has 0 saturated heterocycles. The number of carbonyl (C=O) groups excluding carboxylic acids is 1. The molecule has 7 heteroatoms. The predicted octanol–water partition coefficient (Wildman–Crippen LogP) is 3.59. The Balaban J connectivity index is 1.68. The molecule has 0 radical (unpaired) electrons. The molecular formula is C17H14F3N3O. The van der Waals surface area contributed by atoms with E-state index in [0.29, 0.717) is 5.69 Å². The summed E-state index contributed by atoms with van der Waals surface area (Å²) in [6.07, 6.45) is -0.692. The van der Waals surface area contributed by atoms with Crippen molar-refractivity contribution in [3.63, 3.8) is 0 Å². The van der Waals surface area contributed by atoms with Crippen LogP contribution in [0.1, 0.15) is 27.2 Å². The second kappa shape index (κ2) is 5.99. The van der Waals surface area contributed by atoms with Crippen molar-refractivity contribution in [2.24, 2.45) is 0 Å². The van der Waals surface area contributed by atoms with Crippen LogP contribution in [-0.2, 0) is 12.7 Å². The normalized spacial score (nSPS) is 11.7. The summed E-state index contributed by atoms with van der Waals surface area (Å²) < 4.78 is 39.4. The zero-order chi connectivity index (χ0) is 17.3. The number of pyridine rings is 1. The third-order valence-electron chi connectivity index (χ3n) is 3.55. The summed E-state index contributed by atoms with van der Waals surface area (Å²) >= 11 is 0. The van der Waals surface area contributed by atoms with Crippen LogP contribution in [0.5, 0.6) is 0 Å². The van der Waals surface area contributed by atoms with Gasteiger partial charge in [-0.05, 0) is 42.8 Å². The number of hydrogen-bond acceptors (Lipinski definition) is 2. The van der Waals surface area contributed by atoms with Crippen LogP contribution in [0.15, 0.2) is 48.8 Å². The predicted molar refractivity (Wildman–Crippen MR) is 82.5 cm³/mol. The van der Waals surface area contributed by atoms with Crippen molar-refractivity contribution < 1.29 is 18.0 Å². The number of rotatable bonds is 3. The maximum atomic E-state index is 12.5. The second-order valence-electron chi connectivity index (χ2n) is 5.46. The average Bonchev–Trinajstić information content (AvgIpc) is 2.94. The summed E-state index contributed by atoms with van der Waals surface area (Å²) in [6, 6.07) is 7.91. The molecule has 3 aromatic rings. The minimum atomic E-state index is -4.41. The van der Waals surface area contributed by atoms with E-state index < -0.39 is 17.6 Å². The molecule has 0 bridgehead atoms. The maximum Gasteiger partial charge on any atom is 0.416 e. The molecule has 1 amide bonds. The van der Waals surface area contributed by atoms with Gasteiger partial charge in [0.15, 0.2) is 0 Å². The first kappa shape index (κ1) is 16.0. The number of nitrogens with one attached hydrogen (secondary N) is 1. The zero-order valence-corrected chi connectivity index (χ0v) is 12.8. The standard InChI is InChI=1S/C17H14F3N3O/c1-11-2-7-15-22-14(10-23(15)9-11)8-21-16(24)12-3-5-13(6-4-12)17(18,19)20/h2-7,9-10H,8H2,1H3,(H,21,24). The third kappa shape index (κ3) is 3.40. The number of aryl methyl sites for hydroxylation is 1. The number of carbonyl (C=O) groups is 1. The SMILES string of the molecule is Cc1ccc2nc(CNC(=O)c3ccc(C(F)(F)F)cc3)cn2c1. The van der Waals surface area contributed by atoms with Gasteiger partial charge < -0.3 is 9.72 Å². The fraction of sp³-hybridized carbons (Fsp3) is 0.176. The molecule has 0 aliphatic rings. The van der Waals surface area contributed by atoms with Gasteiger partial charge in [0.1, 0.15) is 5.65 Å². The molecule has 3 rings (SSSR count). The molecule has 2 aromatic heterocycles. The molecule has 1 aromatic carbocycles. The van der Waals surface area contributed by atoms with E-state index in [4.69, 9.17) is 0 Å². The van der Waals surface area contributed by atoms with Gasteiger partial charge in [-0.15, -0.1) is 0 Å². The second-order valence-corrected chi connectivity index (χ2v) is 5.46. The summed E-state index contributed by atoms with van der Waals surface area (Å²) in [4.78, 5) is 16.4. The lowest BCUT2D eigenvalue weighted by Crippen LogP contribution is -2.23. The van der Waals surface area contributed by atoms with Gasteiger partial charge in [0.2, 0.25) is 0 Å². The Morgan fingerprint density at radius 2 is 1.83 bits per heavy atom. The lowest BCUT2D eigenvalue weighted by molar-refractivity contribution is -0.137. The van der Waals surface area contributed by atoms with E-state index in [-0.39, 0.29) is 12.1 Å². The fourth-order valence-electron chi connectivity index (χ4n) is 2.32. The number of hydrogen-bond donors (Lipinski definition) is 1. The lowest BCUT2D eigenvalue weighted by atomic mass is 10.1. The Morgan fingerprint density at radius 1 is 1.12 bits per heavy atom. The van der Waals surface area contributed by atoms with Crippen molar-refractivity contribution in [2.45, 2.75) is 19.6 Å². The molecule has 24 heavy (non-hydrogen) atoms. The van der Waals surface area contributed by atoms with Gasteiger partial charge in [-0.2, -0.15) is 13.2 Å². The molecule has 0 aliphatic heterocycles. The molecule has 4 nitrogen and oxygen atoms in total. The van der Waals surface area contributed by atoms with Crippen molar-refractivity contribution >= 4 is 11.6 Å². The first-order valence-corrected chi connectivity index (χ1v) is 7.22. The largest absolute Gasteiger partial charge is 0.416 e. The molecule has 0 aliphatic carbocycles. The smallest absolute Gasteiger partial charge is 0.346 e. The van der Waals surface area contributed by atoms with Gasteiger partial charge in [-0.25, -0.2) is 4.98 Å². The third-order valence-corrected chi connectivity index (χ3v) is 3.55. The zero-order valence-electron chi connectivity index (χ0n) is 12.8. The molecule has 1 N–H and O–H groups in total. The van der Waals surface area contributed by atoms with Gasteiger partial charge >= 0.3 is 6.18 Å². The van der Waals surface area contributed by atoms with Crippen molar-refractivity contribution in [2.75, 3.05) is 0 Å². The van der Waals surface area contributed by atoms with E-state index in [0.717, 1.165) is 35.5 Å². The molecule has 0 atom stereocenters. The van der Waals surface area contributed by atoms with E-state index >= 15 is 0 Å². The fourth-order valence-corrected chi connectivity index (χ4v) is 2.32. The van der Waals surface area contributed by atoms with Gasteiger partial charge in [0.05, 0.1) is 17.8 Å². The summed E-state index contributed by atoms with van der Waals surface area (Å²) in [5.74, 6) is -0.447. The number of imidazole rings is 1. The first-order chi connectivity index (χ1) is 11.3. The average molecular weight is 333 g/mol. The van der Waals surface area contributed by atoms with Crippen LogP contribution in [0.4, 0.5) is 13.2 Å². The first-order valence-electron chi connectivity index (χ1n) is 7.22. The van der Waals surface area contributed by atoms with Gasteiger partial charge in [0, 0.05) is 18.0 Å². The van der Waals surface area contributed by atoms with Crippen molar-refractivity contribution in [1.82, 2.24) is 14.7 Å². The van der Waals surface area contributed by atoms with Crippen LogP contribution >= 0.6 is 0 Å². The summed E-state index contributed by atoms with van der Waals surface area (Å²) in [6.45, 7) is 2.16. The lowest BCUT2D eigenvalue weighted by Gasteiger charge is -2.07. The molecule has 0 spiro atoms.